The molecule has 0 fully saturated rings. The van der Waals surface area contributed by atoms with E-state index in [-0.39, 0.29) is 5.75 Å². The quantitative estimate of drug-likeness (QED) is 0.691. The molecule has 0 bridgehead atoms. The smallest absolute Gasteiger partial charge is 0.120 e. The fourth-order valence-electron chi connectivity index (χ4n) is 1.54. The summed E-state index contributed by atoms with van der Waals surface area (Å²) in [5.41, 5.74) is 2.89. The Bertz CT molecular complexity index is 644. The molecular weight excluding hydrogens is 290 g/mol. The van der Waals surface area contributed by atoms with Gasteiger partial charge in [0.2, 0.25) is 0 Å². The first-order valence-electron chi connectivity index (χ1n) is 6.13. The van der Waals surface area contributed by atoms with Crippen molar-refractivity contribution >= 4 is 34.2 Å². The molecule has 5 heteroatoms. The van der Waals surface area contributed by atoms with Gasteiger partial charge < -0.3 is 9.84 Å². The largest absolute Gasteiger partial charge is 0.508 e. The van der Waals surface area contributed by atoms with Crippen LogP contribution in [-0.4, -0.2) is 16.7 Å². The van der Waals surface area contributed by atoms with E-state index < -0.39 is 0 Å². The van der Waals surface area contributed by atoms with E-state index in [9.17, 15) is 0 Å². The van der Waals surface area contributed by atoms with E-state index in [0.717, 1.165) is 16.2 Å². The standard InChI is InChI=1S/C9H9NOS.C6H6OS/c1-2-11-7-3-4-8-9(5-7)12-6-10-8;7-5-1-3-6(8)4-2-5/h3-6H,2H2,1H3;1-4,7-8H. The highest BCUT2D eigenvalue weighted by molar-refractivity contribution is 7.80. The number of hydrogen-bond donors (Lipinski definition) is 2. The maximum atomic E-state index is 8.72. The third-order valence-electron chi connectivity index (χ3n) is 2.46. The Hall–Kier alpha value is -1.72. The van der Waals surface area contributed by atoms with Gasteiger partial charge in [0.25, 0.3) is 0 Å². The molecule has 0 aliphatic rings. The van der Waals surface area contributed by atoms with Gasteiger partial charge in [-0.1, -0.05) is 0 Å². The van der Waals surface area contributed by atoms with Gasteiger partial charge in [0, 0.05) is 4.90 Å². The van der Waals surface area contributed by atoms with Gasteiger partial charge in [-0.25, -0.2) is 4.98 Å². The van der Waals surface area contributed by atoms with Gasteiger partial charge in [0.05, 0.1) is 22.3 Å². The number of phenolic OH excluding ortho intramolecular Hbond substituents is 1. The summed E-state index contributed by atoms with van der Waals surface area (Å²) in [7, 11) is 0. The van der Waals surface area contributed by atoms with E-state index >= 15 is 0 Å². The summed E-state index contributed by atoms with van der Waals surface area (Å²) in [5, 5.41) is 8.72. The van der Waals surface area contributed by atoms with Crippen LogP contribution in [-0.2, 0) is 0 Å². The molecule has 0 unspecified atom stereocenters. The van der Waals surface area contributed by atoms with E-state index in [4.69, 9.17) is 9.84 Å². The minimum atomic E-state index is 0.280. The topological polar surface area (TPSA) is 42.4 Å². The Morgan fingerprint density at radius 1 is 1.20 bits per heavy atom. The molecule has 0 amide bonds. The van der Waals surface area contributed by atoms with Crippen LogP contribution >= 0.6 is 24.0 Å². The van der Waals surface area contributed by atoms with Gasteiger partial charge in [0.15, 0.2) is 0 Å². The highest BCUT2D eigenvalue weighted by Gasteiger charge is 1.97. The zero-order valence-electron chi connectivity index (χ0n) is 11.0. The van der Waals surface area contributed by atoms with Crippen molar-refractivity contribution in [2.45, 2.75) is 11.8 Å². The van der Waals surface area contributed by atoms with E-state index in [1.54, 1.807) is 35.6 Å². The molecule has 104 valence electrons. The molecule has 1 heterocycles. The molecular formula is C15H15NO2S2. The first kappa shape index (κ1) is 14.7. The molecule has 0 aliphatic heterocycles. The van der Waals surface area contributed by atoms with Gasteiger partial charge in [0.1, 0.15) is 11.5 Å². The SMILES string of the molecule is CCOc1ccc2ncsc2c1.Oc1ccc(S)cc1. The lowest BCUT2D eigenvalue weighted by atomic mass is 10.3. The molecule has 3 nitrogen and oxygen atoms in total. The second-order valence-electron chi connectivity index (χ2n) is 3.93. The van der Waals surface area contributed by atoms with Crippen molar-refractivity contribution in [1.29, 1.82) is 0 Å². The normalized spacial score (nSPS) is 9.90. The van der Waals surface area contributed by atoms with Crippen molar-refractivity contribution in [1.82, 2.24) is 4.98 Å². The first-order valence-corrected chi connectivity index (χ1v) is 7.46. The molecule has 2 aromatic carbocycles. The van der Waals surface area contributed by atoms with Crippen molar-refractivity contribution in [3.05, 3.63) is 48.0 Å². The highest BCUT2D eigenvalue weighted by Crippen LogP contribution is 2.22. The number of ether oxygens (including phenoxy) is 1. The highest BCUT2D eigenvalue weighted by atomic mass is 32.1. The Morgan fingerprint density at radius 3 is 2.60 bits per heavy atom. The van der Waals surface area contributed by atoms with Crippen molar-refractivity contribution in [3.63, 3.8) is 0 Å². The van der Waals surface area contributed by atoms with E-state index in [0.29, 0.717) is 6.61 Å². The van der Waals surface area contributed by atoms with Gasteiger partial charge in [-0.05, 0) is 49.4 Å². The number of benzene rings is 2. The number of aromatic hydroxyl groups is 1. The van der Waals surface area contributed by atoms with Gasteiger partial charge >= 0.3 is 0 Å². The Morgan fingerprint density at radius 2 is 1.95 bits per heavy atom. The fraction of sp³-hybridized carbons (Fsp3) is 0.133. The van der Waals surface area contributed by atoms with Crippen LogP contribution in [0.3, 0.4) is 0 Å². The van der Waals surface area contributed by atoms with Crippen LogP contribution in [0.5, 0.6) is 11.5 Å². The number of thiol groups is 1. The molecule has 3 rings (SSSR count). The van der Waals surface area contributed by atoms with E-state index in [1.165, 1.54) is 4.70 Å². The summed E-state index contributed by atoms with van der Waals surface area (Å²) in [6.45, 7) is 2.70. The maximum absolute atomic E-state index is 8.72. The van der Waals surface area contributed by atoms with Crippen LogP contribution in [0.2, 0.25) is 0 Å². The lowest BCUT2D eigenvalue weighted by molar-refractivity contribution is 0.341. The fourth-order valence-corrected chi connectivity index (χ4v) is 2.40. The van der Waals surface area contributed by atoms with E-state index in [1.807, 2.05) is 30.6 Å². The second-order valence-corrected chi connectivity index (χ2v) is 5.33. The Labute approximate surface area is 127 Å². The zero-order valence-corrected chi connectivity index (χ0v) is 12.7. The molecule has 0 aliphatic carbocycles. The van der Waals surface area contributed by atoms with Crippen molar-refractivity contribution in [2.24, 2.45) is 0 Å². The minimum absolute atomic E-state index is 0.280. The van der Waals surface area contributed by atoms with Crippen LogP contribution in [0.1, 0.15) is 6.92 Å². The monoisotopic (exact) mass is 305 g/mol. The average Bonchev–Trinajstić information content (AvgIpc) is 2.91. The van der Waals surface area contributed by atoms with E-state index in [2.05, 4.69) is 17.6 Å². The second kappa shape index (κ2) is 7.17. The maximum Gasteiger partial charge on any atom is 0.120 e. The molecule has 0 radical (unpaired) electrons. The molecule has 1 N–H and O–H groups in total. The van der Waals surface area contributed by atoms with Crippen LogP contribution in [0.15, 0.2) is 52.9 Å². The zero-order chi connectivity index (χ0) is 14.4. The van der Waals surface area contributed by atoms with Crippen LogP contribution in [0, 0.1) is 0 Å². The summed E-state index contributed by atoms with van der Waals surface area (Å²) >= 11 is 5.66. The van der Waals surface area contributed by atoms with Gasteiger partial charge in [-0.3, -0.25) is 0 Å². The lowest BCUT2D eigenvalue weighted by Crippen LogP contribution is -1.89. The number of phenols is 1. The predicted octanol–water partition coefficient (Wildman–Crippen LogP) is 4.38. The van der Waals surface area contributed by atoms with Crippen LogP contribution < -0.4 is 4.74 Å². The number of thiazole rings is 1. The number of rotatable bonds is 2. The summed E-state index contributed by atoms with van der Waals surface area (Å²) in [6, 6.07) is 12.6. The average molecular weight is 305 g/mol. The van der Waals surface area contributed by atoms with Gasteiger partial charge in [-0.15, -0.1) is 24.0 Å². The Balaban J connectivity index is 0.000000160. The molecule has 0 spiro atoms. The number of fused-ring (bicyclic) bond motifs is 1. The third kappa shape index (κ3) is 4.15. The molecule has 0 saturated carbocycles. The summed E-state index contributed by atoms with van der Waals surface area (Å²) in [5.74, 6) is 1.21. The minimum Gasteiger partial charge on any atom is -0.508 e. The van der Waals surface area contributed by atoms with Crippen molar-refractivity contribution in [2.75, 3.05) is 6.61 Å². The summed E-state index contributed by atoms with van der Waals surface area (Å²) < 4.78 is 6.54. The van der Waals surface area contributed by atoms with Gasteiger partial charge in [-0.2, -0.15) is 0 Å². The van der Waals surface area contributed by atoms with Crippen molar-refractivity contribution in [3.8, 4) is 11.5 Å². The third-order valence-corrected chi connectivity index (χ3v) is 3.55. The molecule has 0 saturated heterocycles. The molecule has 3 aromatic rings. The number of nitrogens with zero attached hydrogens (tertiary/aromatic N) is 1. The predicted molar refractivity (Wildman–Crippen MR) is 86.1 cm³/mol. The summed E-state index contributed by atoms with van der Waals surface area (Å²) in [6.07, 6.45) is 0. The summed E-state index contributed by atoms with van der Waals surface area (Å²) in [4.78, 5) is 5.05. The Kier molecular flexibility index (Phi) is 5.26. The van der Waals surface area contributed by atoms with Crippen LogP contribution in [0.4, 0.5) is 0 Å². The molecule has 1 aromatic heterocycles. The molecule has 20 heavy (non-hydrogen) atoms. The number of aromatic nitrogens is 1. The first-order chi connectivity index (χ1) is 9.69. The lowest BCUT2D eigenvalue weighted by Gasteiger charge is -2.00. The van der Waals surface area contributed by atoms with Crippen molar-refractivity contribution < 1.29 is 9.84 Å². The molecule has 0 atom stereocenters. The van der Waals surface area contributed by atoms with Crippen LogP contribution in [0.25, 0.3) is 10.2 Å². The number of hydrogen-bond acceptors (Lipinski definition) is 5.